The topological polar surface area (TPSA) is 225 Å². The van der Waals surface area contributed by atoms with Gasteiger partial charge in [-0.1, -0.05) is 11.2 Å². The van der Waals surface area contributed by atoms with Crippen LogP contribution in [0.1, 0.15) is 31.5 Å². The molecule has 0 bridgehead atoms. The number of phenols is 2. The summed E-state index contributed by atoms with van der Waals surface area (Å²) in [6.45, 7) is 2.47. The van der Waals surface area contributed by atoms with Crippen molar-refractivity contribution >= 4 is 57.7 Å². The number of oxime groups is 1. The van der Waals surface area contributed by atoms with E-state index in [-0.39, 0.29) is 40.2 Å². The number of aliphatic carboxylic acids is 2. The van der Waals surface area contributed by atoms with Crippen molar-refractivity contribution in [3.63, 3.8) is 0 Å². The molecule has 16 heteroatoms. The van der Waals surface area contributed by atoms with Gasteiger partial charge in [0.15, 0.2) is 22.3 Å². The summed E-state index contributed by atoms with van der Waals surface area (Å²) in [5.74, 6) is -4.45. The Kier molecular flexibility index (Phi) is 7.93. The van der Waals surface area contributed by atoms with Crippen molar-refractivity contribution in [2.24, 2.45) is 5.16 Å². The van der Waals surface area contributed by atoms with Crippen molar-refractivity contribution < 1.29 is 44.4 Å². The minimum absolute atomic E-state index is 0.00906. The van der Waals surface area contributed by atoms with Crippen LogP contribution in [0.25, 0.3) is 0 Å². The molecule has 14 nitrogen and oxygen atoms in total. The molecule has 1 aromatic heterocycles. The lowest BCUT2D eigenvalue weighted by molar-refractivity contribution is -0.161. The number of hydrogen-bond donors (Lipinski definition) is 6. The number of carboxylic acid groups (broad SMARTS) is 2. The van der Waals surface area contributed by atoms with Gasteiger partial charge in [0.2, 0.25) is 5.60 Å². The van der Waals surface area contributed by atoms with Crippen molar-refractivity contribution in [2.75, 3.05) is 11.5 Å². The van der Waals surface area contributed by atoms with E-state index >= 15 is 0 Å². The van der Waals surface area contributed by atoms with E-state index in [2.05, 4.69) is 15.5 Å². The summed E-state index contributed by atoms with van der Waals surface area (Å²) in [7, 11) is 0. The summed E-state index contributed by atoms with van der Waals surface area (Å²) in [6, 6.07) is 3.23. The van der Waals surface area contributed by atoms with Gasteiger partial charge < -0.3 is 36.3 Å². The zero-order valence-electron chi connectivity index (χ0n) is 21.2. The lowest BCUT2D eigenvalue weighted by atomic mass is 9.98. The molecule has 212 valence electrons. The van der Waals surface area contributed by atoms with E-state index < -0.39 is 46.5 Å². The molecular weight excluding hydrogens is 566 g/mol. The Labute approximate surface area is 235 Å². The highest BCUT2D eigenvalue weighted by atomic mass is 32.2. The number of thioether (sulfide) groups is 1. The SMILES string of the molecule is CC(C)(O/N=C(\C(=O)N[C@@H]1C(=O)N2C(C(=O)O)=C(CCc3ccc(O)c(O)c3)CSC12)c1csc(N)n1)C(=O)O. The molecule has 0 spiro atoms. The maximum absolute atomic E-state index is 13.2. The smallest absolute Gasteiger partial charge is 0.352 e. The van der Waals surface area contributed by atoms with Crippen LogP contribution in [0.3, 0.4) is 0 Å². The molecule has 2 aliphatic heterocycles. The molecule has 1 unspecified atom stereocenters. The molecule has 0 saturated carbocycles. The zero-order chi connectivity index (χ0) is 29.4. The first kappa shape index (κ1) is 28.7. The molecule has 4 rings (SSSR count). The van der Waals surface area contributed by atoms with E-state index in [0.29, 0.717) is 17.6 Å². The summed E-state index contributed by atoms with van der Waals surface area (Å²) in [5.41, 5.74) is 4.50. The summed E-state index contributed by atoms with van der Waals surface area (Å²) in [6.07, 6.45) is 0.641. The van der Waals surface area contributed by atoms with Crippen LogP contribution in [0.2, 0.25) is 0 Å². The van der Waals surface area contributed by atoms with E-state index in [1.165, 1.54) is 43.1 Å². The average molecular weight is 592 g/mol. The minimum Gasteiger partial charge on any atom is -0.504 e. The second-order valence-corrected chi connectivity index (χ2v) is 11.4. The highest BCUT2D eigenvalue weighted by Crippen LogP contribution is 2.41. The number of carbonyl (C=O) groups excluding carboxylic acids is 2. The van der Waals surface area contributed by atoms with Gasteiger partial charge in [0.1, 0.15) is 22.8 Å². The fourth-order valence-electron chi connectivity index (χ4n) is 3.90. The summed E-state index contributed by atoms with van der Waals surface area (Å²) in [4.78, 5) is 60.0. The standard InChI is InChI=1S/C24H25N5O9S2/c1-24(2,22(36)37)38-28-15(12-9-40-23(25)26-12)18(32)27-16-19(33)29-17(21(34)35)11(8-39-20(16)29)5-3-10-4-6-13(30)14(31)7-10/h4,6-7,9,16,20,30-31H,3,5,8H2,1-2H3,(H2,25,26)(H,27,32)(H,34,35)(H,36,37)/b28-15-/t16-,20?/m1/s1. The van der Waals surface area contributed by atoms with E-state index in [1.807, 2.05) is 0 Å². The van der Waals surface area contributed by atoms with Crippen molar-refractivity contribution in [2.45, 2.75) is 43.7 Å². The number of nitrogen functional groups attached to an aromatic ring is 1. The number of hydrogen-bond acceptors (Lipinski definition) is 12. The van der Waals surface area contributed by atoms with Gasteiger partial charge >= 0.3 is 11.9 Å². The van der Waals surface area contributed by atoms with Crippen LogP contribution in [0.5, 0.6) is 11.5 Å². The maximum atomic E-state index is 13.2. The van der Waals surface area contributed by atoms with Crippen LogP contribution < -0.4 is 11.1 Å². The number of carboxylic acids is 2. The van der Waals surface area contributed by atoms with E-state index in [4.69, 9.17) is 10.6 Å². The Hall–Kier alpha value is -4.31. The number of carbonyl (C=O) groups is 4. The zero-order valence-corrected chi connectivity index (χ0v) is 22.8. The van der Waals surface area contributed by atoms with Gasteiger partial charge in [-0.05, 0) is 50.0 Å². The third-order valence-corrected chi connectivity index (χ3v) is 8.17. The number of aromatic hydroxyl groups is 2. The number of benzene rings is 1. The van der Waals surface area contributed by atoms with Gasteiger partial charge in [0.25, 0.3) is 11.8 Å². The molecule has 1 aromatic carbocycles. The highest BCUT2D eigenvalue weighted by molar-refractivity contribution is 8.00. The Balaban J connectivity index is 1.51. The van der Waals surface area contributed by atoms with Crippen LogP contribution in [0, 0.1) is 0 Å². The van der Waals surface area contributed by atoms with Crippen LogP contribution in [-0.4, -0.2) is 82.5 Å². The van der Waals surface area contributed by atoms with Gasteiger partial charge in [-0.3, -0.25) is 14.5 Å². The van der Waals surface area contributed by atoms with Gasteiger partial charge in [-0.2, -0.15) is 0 Å². The maximum Gasteiger partial charge on any atom is 0.352 e. The molecule has 1 fully saturated rings. The molecule has 3 heterocycles. The van der Waals surface area contributed by atoms with Crippen molar-refractivity contribution in [1.82, 2.24) is 15.2 Å². The minimum atomic E-state index is -1.77. The second-order valence-electron chi connectivity index (χ2n) is 9.36. The van der Waals surface area contributed by atoms with Gasteiger partial charge in [0.05, 0.1) is 0 Å². The summed E-state index contributed by atoms with van der Waals surface area (Å²) in [5, 5.41) is 45.5. The van der Waals surface area contributed by atoms with Crippen LogP contribution in [0.15, 0.2) is 40.0 Å². The number of thiazole rings is 1. The predicted molar refractivity (Wildman–Crippen MR) is 144 cm³/mol. The molecule has 0 radical (unpaired) electrons. The van der Waals surface area contributed by atoms with Crippen molar-refractivity contribution in [1.29, 1.82) is 0 Å². The van der Waals surface area contributed by atoms with Crippen molar-refractivity contribution in [3.8, 4) is 11.5 Å². The molecule has 1 saturated heterocycles. The van der Waals surface area contributed by atoms with E-state index in [1.54, 1.807) is 6.07 Å². The number of rotatable bonds is 10. The van der Waals surface area contributed by atoms with Gasteiger partial charge in [-0.25, -0.2) is 14.6 Å². The van der Waals surface area contributed by atoms with Gasteiger partial charge in [0, 0.05) is 11.1 Å². The lowest BCUT2D eigenvalue weighted by Gasteiger charge is -2.49. The molecule has 2 amide bonds. The number of β-lactam (4-membered cyclic amide) rings is 1. The first-order valence-electron chi connectivity index (χ1n) is 11.7. The third kappa shape index (κ3) is 5.67. The van der Waals surface area contributed by atoms with Crippen molar-refractivity contribution in [3.05, 3.63) is 46.1 Å². The molecular formula is C24H25N5O9S2. The number of phenolic OH excluding ortho intramolecular Hbond substituents is 2. The molecule has 0 aliphatic carbocycles. The summed E-state index contributed by atoms with van der Waals surface area (Å²) < 4.78 is 0. The normalized spacial score (nSPS) is 19.1. The van der Waals surface area contributed by atoms with Gasteiger partial charge in [-0.15, -0.1) is 23.1 Å². The molecule has 2 atom stereocenters. The van der Waals surface area contributed by atoms with E-state index in [0.717, 1.165) is 16.2 Å². The number of nitrogens with two attached hydrogens (primary N) is 1. The fraction of sp³-hybridized carbons (Fsp3) is 0.333. The number of amides is 2. The number of anilines is 1. The monoisotopic (exact) mass is 591 g/mol. The Morgan fingerprint density at radius 1 is 1.23 bits per heavy atom. The Bertz CT molecular complexity index is 1450. The lowest BCUT2D eigenvalue weighted by Crippen LogP contribution is -2.71. The second kappa shape index (κ2) is 11.1. The van der Waals surface area contributed by atoms with Crippen LogP contribution in [0.4, 0.5) is 5.13 Å². The number of aromatic nitrogens is 1. The highest BCUT2D eigenvalue weighted by Gasteiger charge is 2.54. The third-order valence-electron chi connectivity index (χ3n) is 6.15. The quantitative estimate of drug-likeness (QED) is 0.0988. The van der Waals surface area contributed by atoms with Crippen LogP contribution in [-0.2, 0) is 30.4 Å². The Morgan fingerprint density at radius 3 is 2.55 bits per heavy atom. The summed E-state index contributed by atoms with van der Waals surface area (Å²) >= 11 is 2.28. The first-order chi connectivity index (χ1) is 18.8. The van der Waals surface area contributed by atoms with Crippen LogP contribution >= 0.6 is 23.1 Å². The molecule has 7 N–H and O–H groups in total. The number of nitrogens with one attached hydrogen (secondary N) is 1. The predicted octanol–water partition coefficient (Wildman–Crippen LogP) is 1.09. The number of nitrogens with zero attached hydrogens (tertiary/aromatic N) is 3. The largest absolute Gasteiger partial charge is 0.504 e. The molecule has 40 heavy (non-hydrogen) atoms. The first-order valence-corrected chi connectivity index (χ1v) is 13.7. The fourth-order valence-corrected chi connectivity index (χ4v) is 5.84. The molecule has 2 aromatic rings. The Morgan fingerprint density at radius 2 is 1.95 bits per heavy atom. The molecule has 2 aliphatic rings. The average Bonchev–Trinajstić information content (AvgIpc) is 3.32. The number of aryl methyl sites for hydroxylation is 1. The van der Waals surface area contributed by atoms with E-state index in [9.17, 15) is 39.6 Å². The number of fused-ring (bicyclic) bond motifs is 1.